The first-order valence-electron chi connectivity index (χ1n) is 8.45. The van der Waals surface area contributed by atoms with Crippen LogP contribution >= 0.6 is 0 Å². The summed E-state index contributed by atoms with van der Waals surface area (Å²) in [7, 11) is 3.06. The number of rotatable bonds is 9. The third-order valence-corrected chi connectivity index (χ3v) is 3.80. The van der Waals surface area contributed by atoms with Gasteiger partial charge in [0, 0.05) is 18.3 Å². The second-order valence-electron chi connectivity index (χ2n) is 5.73. The Bertz CT molecular complexity index is 732. The fourth-order valence-corrected chi connectivity index (χ4v) is 2.49. The quantitative estimate of drug-likeness (QED) is 0.535. The Balaban J connectivity index is 1.72. The molecule has 0 radical (unpaired) electrons. The van der Waals surface area contributed by atoms with Crippen LogP contribution in [0.3, 0.4) is 0 Å². The minimum atomic E-state index is -0.377. The number of ether oxygens (including phenoxy) is 2. The molecule has 0 heterocycles. The Morgan fingerprint density at radius 3 is 2.35 bits per heavy atom. The average Bonchev–Trinajstić information content (AvgIpc) is 2.65. The Hall–Kier alpha value is -3.02. The van der Waals surface area contributed by atoms with E-state index in [2.05, 4.69) is 22.8 Å². The van der Waals surface area contributed by atoms with E-state index in [4.69, 9.17) is 9.47 Å². The first-order valence-corrected chi connectivity index (χ1v) is 8.45. The second kappa shape index (κ2) is 10.1. The number of hydrogen-bond donors (Lipinski definition) is 2. The van der Waals surface area contributed by atoms with Crippen LogP contribution in [-0.2, 0) is 16.0 Å². The summed E-state index contributed by atoms with van der Waals surface area (Å²) in [5.74, 6) is 0.408. The number of carbonyl (C=O) groups excluding carboxylic acids is 2. The minimum absolute atomic E-state index is 0.223. The van der Waals surface area contributed by atoms with E-state index in [0.717, 1.165) is 12.8 Å². The summed E-state index contributed by atoms with van der Waals surface area (Å²) in [5.41, 5.74) is 1.78. The molecule has 2 N–H and O–H groups in total. The van der Waals surface area contributed by atoms with Crippen LogP contribution in [0.15, 0.2) is 48.5 Å². The summed E-state index contributed by atoms with van der Waals surface area (Å²) in [4.78, 5) is 23.8. The van der Waals surface area contributed by atoms with E-state index >= 15 is 0 Å². The number of nitrogens with one attached hydrogen (secondary N) is 2. The lowest BCUT2D eigenvalue weighted by Crippen LogP contribution is -2.29. The van der Waals surface area contributed by atoms with Crippen molar-refractivity contribution < 1.29 is 19.1 Å². The van der Waals surface area contributed by atoms with Crippen LogP contribution in [0.4, 0.5) is 5.69 Å². The molecule has 0 aliphatic carbocycles. The lowest BCUT2D eigenvalue weighted by Gasteiger charge is -2.10. The Morgan fingerprint density at radius 1 is 0.923 bits per heavy atom. The number of carbonyl (C=O) groups is 2. The van der Waals surface area contributed by atoms with E-state index in [1.165, 1.54) is 19.8 Å². The molecule has 0 saturated heterocycles. The molecule has 0 fully saturated rings. The first kappa shape index (κ1) is 19.3. The van der Waals surface area contributed by atoms with Crippen molar-refractivity contribution in [2.24, 2.45) is 0 Å². The molecule has 0 saturated carbocycles. The molecule has 0 spiro atoms. The third-order valence-electron chi connectivity index (χ3n) is 3.80. The van der Waals surface area contributed by atoms with Gasteiger partial charge in [0.05, 0.1) is 14.2 Å². The maximum atomic E-state index is 12.0. The molecule has 2 amide bonds. The van der Waals surface area contributed by atoms with Crippen LogP contribution in [0.25, 0.3) is 0 Å². The number of hydrogen-bond acceptors (Lipinski definition) is 4. The SMILES string of the molecule is COc1ccc(NC(=O)CC(=O)NCCCc2ccccc2)cc1OC. The number of anilines is 1. The van der Waals surface area contributed by atoms with Crippen LogP contribution in [0.5, 0.6) is 11.5 Å². The molecule has 2 rings (SSSR count). The van der Waals surface area contributed by atoms with E-state index in [-0.39, 0.29) is 18.2 Å². The van der Waals surface area contributed by atoms with Gasteiger partial charge in [-0.1, -0.05) is 30.3 Å². The van der Waals surface area contributed by atoms with Gasteiger partial charge in [-0.25, -0.2) is 0 Å². The van der Waals surface area contributed by atoms with Gasteiger partial charge < -0.3 is 20.1 Å². The van der Waals surface area contributed by atoms with Crippen molar-refractivity contribution in [1.82, 2.24) is 5.32 Å². The molecule has 0 aliphatic rings. The highest BCUT2D eigenvalue weighted by Crippen LogP contribution is 2.29. The normalized spacial score (nSPS) is 10.1. The highest BCUT2D eigenvalue weighted by molar-refractivity contribution is 6.03. The predicted octanol–water partition coefficient (Wildman–Crippen LogP) is 2.78. The molecule has 6 heteroatoms. The zero-order chi connectivity index (χ0) is 18.8. The van der Waals surface area contributed by atoms with Crippen LogP contribution < -0.4 is 20.1 Å². The average molecular weight is 356 g/mol. The van der Waals surface area contributed by atoms with Crippen LogP contribution in [-0.4, -0.2) is 32.6 Å². The first-order chi connectivity index (χ1) is 12.6. The molecule has 6 nitrogen and oxygen atoms in total. The topological polar surface area (TPSA) is 76.7 Å². The largest absolute Gasteiger partial charge is 0.493 e. The highest BCUT2D eigenvalue weighted by Gasteiger charge is 2.11. The van der Waals surface area contributed by atoms with Crippen molar-refractivity contribution >= 4 is 17.5 Å². The molecule has 0 atom stereocenters. The molecule has 0 aliphatic heterocycles. The molecule has 26 heavy (non-hydrogen) atoms. The molecule has 138 valence electrons. The molecule has 2 aromatic rings. The molecule has 0 aromatic heterocycles. The smallest absolute Gasteiger partial charge is 0.233 e. The second-order valence-corrected chi connectivity index (χ2v) is 5.73. The van der Waals surface area contributed by atoms with E-state index < -0.39 is 0 Å². The molecule has 0 bridgehead atoms. The zero-order valence-electron chi connectivity index (χ0n) is 15.1. The Labute approximate surface area is 153 Å². The van der Waals surface area contributed by atoms with Gasteiger partial charge in [-0.2, -0.15) is 0 Å². The fourth-order valence-electron chi connectivity index (χ4n) is 2.49. The fraction of sp³-hybridized carbons (Fsp3) is 0.300. The summed E-state index contributed by atoms with van der Waals surface area (Å²) in [5, 5.41) is 5.45. The zero-order valence-corrected chi connectivity index (χ0v) is 15.1. The summed E-state index contributed by atoms with van der Waals surface area (Å²) in [6, 6.07) is 15.1. The van der Waals surface area contributed by atoms with Crippen molar-refractivity contribution in [3.63, 3.8) is 0 Å². The standard InChI is InChI=1S/C20H24N2O4/c1-25-17-11-10-16(13-18(17)26-2)22-20(24)14-19(23)21-12-6-9-15-7-4-3-5-8-15/h3-5,7-8,10-11,13H,6,9,12,14H2,1-2H3,(H,21,23)(H,22,24). The van der Waals surface area contributed by atoms with E-state index in [0.29, 0.717) is 23.7 Å². The van der Waals surface area contributed by atoms with Crippen LogP contribution in [0.1, 0.15) is 18.4 Å². The van der Waals surface area contributed by atoms with Gasteiger partial charge in [0.1, 0.15) is 6.42 Å². The van der Waals surface area contributed by atoms with Crippen molar-refractivity contribution in [2.45, 2.75) is 19.3 Å². The van der Waals surface area contributed by atoms with Gasteiger partial charge in [0.15, 0.2) is 11.5 Å². The maximum absolute atomic E-state index is 12.0. The van der Waals surface area contributed by atoms with Crippen molar-refractivity contribution in [2.75, 3.05) is 26.1 Å². The summed E-state index contributed by atoms with van der Waals surface area (Å²) < 4.78 is 10.3. The molecule has 2 aromatic carbocycles. The third kappa shape index (κ3) is 6.12. The predicted molar refractivity (Wildman–Crippen MR) is 101 cm³/mol. The Kier molecular flexibility index (Phi) is 7.49. The van der Waals surface area contributed by atoms with Gasteiger partial charge in [0.2, 0.25) is 11.8 Å². The summed E-state index contributed by atoms with van der Waals surface area (Å²) in [6.07, 6.45) is 1.49. The van der Waals surface area contributed by atoms with Gasteiger partial charge in [-0.15, -0.1) is 0 Å². The lowest BCUT2D eigenvalue weighted by molar-refractivity contribution is -0.126. The molecular weight excluding hydrogens is 332 g/mol. The van der Waals surface area contributed by atoms with E-state index in [1.807, 2.05) is 18.2 Å². The summed E-state index contributed by atoms with van der Waals surface area (Å²) in [6.45, 7) is 0.539. The number of methoxy groups -OCH3 is 2. The number of benzene rings is 2. The lowest BCUT2D eigenvalue weighted by atomic mass is 10.1. The molecular formula is C20H24N2O4. The maximum Gasteiger partial charge on any atom is 0.233 e. The van der Waals surface area contributed by atoms with Crippen LogP contribution in [0, 0.1) is 0 Å². The highest BCUT2D eigenvalue weighted by atomic mass is 16.5. The van der Waals surface area contributed by atoms with Crippen molar-refractivity contribution in [1.29, 1.82) is 0 Å². The van der Waals surface area contributed by atoms with Crippen molar-refractivity contribution in [3.8, 4) is 11.5 Å². The number of aryl methyl sites for hydroxylation is 1. The van der Waals surface area contributed by atoms with E-state index in [1.54, 1.807) is 18.2 Å². The van der Waals surface area contributed by atoms with E-state index in [9.17, 15) is 9.59 Å². The Morgan fingerprint density at radius 2 is 1.65 bits per heavy atom. The van der Waals surface area contributed by atoms with Gasteiger partial charge in [-0.05, 0) is 30.5 Å². The van der Waals surface area contributed by atoms with Crippen LogP contribution in [0.2, 0.25) is 0 Å². The summed E-state index contributed by atoms with van der Waals surface area (Å²) >= 11 is 0. The number of amides is 2. The van der Waals surface area contributed by atoms with Gasteiger partial charge in [0.25, 0.3) is 0 Å². The van der Waals surface area contributed by atoms with Gasteiger partial charge in [-0.3, -0.25) is 9.59 Å². The van der Waals surface area contributed by atoms with Gasteiger partial charge >= 0.3 is 0 Å². The van der Waals surface area contributed by atoms with Crippen molar-refractivity contribution in [3.05, 3.63) is 54.1 Å². The minimum Gasteiger partial charge on any atom is -0.493 e. The monoisotopic (exact) mass is 356 g/mol. The molecule has 0 unspecified atom stereocenters.